The number of rotatable bonds is 5. The molecule has 0 atom stereocenters. The smallest absolute Gasteiger partial charge is 0.260 e. The minimum atomic E-state index is -3.48. The second-order valence-corrected chi connectivity index (χ2v) is 7.65. The van der Waals surface area contributed by atoms with Crippen LogP contribution in [0.1, 0.15) is 5.56 Å². The van der Waals surface area contributed by atoms with Gasteiger partial charge in [0.2, 0.25) is 10.0 Å². The summed E-state index contributed by atoms with van der Waals surface area (Å²) >= 11 is 0. The molecule has 1 fully saturated rings. The fraction of sp³-hybridized carbons (Fsp3) is 0.533. The van der Waals surface area contributed by atoms with Crippen molar-refractivity contribution < 1.29 is 22.7 Å². The van der Waals surface area contributed by atoms with Crippen molar-refractivity contribution in [2.45, 2.75) is 11.8 Å². The number of carbonyl (C=O) groups is 1. The Morgan fingerprint density at radius 3 is 2.52 bits per heavy atom. The van der Waals surface area contributed by atoms with Gasteiger partial charge in [0.05, 0.1) is 18.1 Å². The number of carbonyl (C=O) groups excluding carboxylic acids is 1. The number of benzene rings is 1. The third kappa shape index (κ3) is 4.21. The molecule has 0 aliphatic carbocycles. The van der Waals surface area contributed by atoms with E-state index in [1.807, 2.05) is 0 Å². The highest BCUT2D eigenvalue weighted by Crippen LogP contribution is 2.23. The number of nitrogens with zero attached hydrogens (tertiary/aromatic N) is 2. The first-order valence-electron chi connectivity index (χ1n) is 7.34. The van der Waals surface area contributed by atoms with Gasteiger partial charge in [0.1, 0.15) is 5.75 Å². The molecule has 0 saturated carbocycles. The predicted octanol–water partition coefficient (Wildman–Crippen LogP) is 0.483. The Labute approximate surface area is 136 Å². The molecule has 0 bridgehead atoms. The van der Waals surface area contributed by atoms with Gasteiger partial charge in [-0.25, -0.2) is 12.7 Å². The van der Waals surface area contributed by atoms with Gasteiger partial charge in [-0.3, -0.25) is 4.79 Å². The van der Waals surface area contributed by atoms with Crippen molar-refractivity contribution >= 4 is 15.9 Å². The van der Waals surface area contributed by atoms with E-state index >= 15 is 0 Å². The van der Waals surface area contributed by atoms with Crippen molar-refractivity contribution in [3.63, 3.8) is 0 Å². The fourth-order valence-corrected chi connectivity index (χ4v) is 3.19. The minimum absolute atomic E-state index is 0.0688. The Bertz CT molecular complexity index is 666. The maximum absolute atomic E-state index is 12.1. The molecule has 8 heteroatoms. The molecule has 0 unspecified atom stereocenters. The van der Waals surface area contributed by atoms with Crippen LogP contribution in [-0.4, -0.2) is 70.5 Å². The van der Waals surface area contributed by atoms with Crippen LogP contribution < -0.4 is 4.74 Å². The summed E-state index contributed by atoms with van der Waals surface area (Å²) in [7, 11) is -0.511. The second-order valence-electron chi connectivity index (χ2n) is 5.50. The molecule has 0 spiro atoms. The van der Waals surface area contributed by atoms with Crippen molar-refractivity contribution in [2.24, 2.45) is 0 Å². The number of amides is 1. The quantitative estimate of drug-likeness (QED) is 0.778. The molecule has 0 aromatic heterocycles. The van der Waals surface area contributed by atoms with E-state index in [1.165, 1.54) is 20.2 Å². The molecule has 1 aromatic rings. The van der Waals surface area contributed by atoms with Crippen LogP contribution in [-0.2, 0) is 19.6 Å². The number of ether oxygens (including phenoxy) is 2. The van der Waals surface area contributed by atoms with Gasteiger partial charge in [0.25, 0.3) is 5.91 Å². The normalized spacial score (nSPS) is 15.7. The standard InChI is InChI=1S/C15H22N2O5S/c1-12-10-13(23(19,20)16(2)3)4-5-14(12)22-11-15(18)17-6-8-21-9-7-17/h4-5,10H,6-9,11H2,1-3H3. The summed E-state index contributed by atoms with van der Waals surface area (Å²) in [5, 5.41) is 0. The molecular weight excluding hydrogens is 320 g/mol. The summed E-state index contributed by atoms with van der Waals surface area (Å²) in [6.45, 7) is 3.91. The van der Waals surface area contributed by atoms with Gasteiger partial charge in [0, 0.05) is 27.2 Å². The first-order valence-corrected chi connectivity index (χ1v) is 8.78. The molecule has 1 heterocycles. The molecule has 0 radical (unpaired) electrons. The summed E-state index contributed by atoms with van der Waals surface area (Å²) < 4.78 is 36.1. The maximum Gasteiger partial charge on any atom is 0.260 e. The van der Waals surface area contributed by atoms with E-state index in [0.717, 1.165) is 4.31 Å². The lowest BCUT2D eigenvalue weighted by Gasteiger charge is -2.26. The summed E-state index contributed by atoms with van der Waals surface area (Å²) in [6.07, 6.45) is 0. The number of sulfonamides is 1. The first kappa shape index (κ1) is 17.7. The molecule has 7 nitrogen and oxygen atoms in total. The third-order valence-electron chi connectivity index (χ3n) is 3.64. The first-order chi connectivity index (χ1) is 10.8. The van der Waals surface area contributed by atoms with E-state index in [9.17, 15) is 13.2 Å². The molecule has 1 amide bonds. The number of hydrogen-bond donors (Lipinski definition) is 0. The van der Waals surface area contributed by atoms with Crippen molar-refractivity contribution in [1.29, 1.82) is 0 Å². The van der Waals surface area contributed by atoms with E-state index < -0.39 is 10.0 Å². The Morgan fingerprint density at radius 1 is 1.30 bits per heavy atom. The summed E-state index contributed by atoms with van der Waals surface area (Å²) in [4.78, 5) is 13.9. The molecule has 1 aromatic carbocycles. The predicted molar refractivity (Wildman–Crippen MR) is 84.9 cm³/mol. The van der Waals surface area contributed by atoms with Crippen molar-refractivity contribution in [2.75, 3.05) is 47.0 Å². The van der Waals surface area contributed by atoms with Crippen LogP contribution >= 0.6 is 0 Å². The Morgan fingerprint density at radius 2 is 1.96 bits per heavy atom. The van der Waals surface area contributed by atoms with Gasteiger partial charge < -0.3 is 14.4 Å². The lowest BCUT2D eigenvalue weighted by molar-refractivity contribution is -0.137. The van der Waals surface area contributed by atoms with E-state index in [0.29, 0.717) is 37.6 Å². The Kier molecular flexibility index (Phi) is 5.61. The van der Waals surface area contributed by atoms with Gasteiger partial charge in [-0.1, -0.05) is 0 Å². The molecule has 128 valence electrons. The van der Waals surface area contributed by atoms with Gasteiger partial charge >= 0.3 is 0 Å². The van der Waals surface area contributed by atoms with Crippen LogP contribution in [0.5, 0.6) is 5.75 Å². The van der Waals surface area contributed by atoms with Crippen molar-refractivity contribution in [3.8, 4) is 5.75 Å². The molecule has 1 aliphatic rings. The van der Waals surface area contributed by atoms with Crippen LogP contribution in [0.3, 0.4) is 0 Å². The molecule has 1 saturated heterocycles. The lowest BCUT2D eigenvalue weighted by atomic mass is 10.2. The topological polar surface area (TPSA) is 76.2 Å². The summed E-state index contributed by atoms with van der Waals surface area (Å²) in [5.74, 6) is 0.405. The van der Waals surface area contributed by atoms with Gasteiger partial charge in [-0.2, -0.15) is 0 Å². The number of hydrogen-bond acceptors (Lipinski definition) is 5. The zero-order chi connectivity index (χ0) is 17.0. The lowest BCUT2D eigenvalue weighted by Crippen LogP contribution is -2.43. The van der Waals surface area contributed by atoms with E-state index in [2.05, 4.69) is 0 Å². The maximum atomic E-state index is 12.1. The largest absolute Gasteiger partial charge is 0.483 e. The zero-order valence-corrected chi connectivity index (χ0v) is 14.4. The Hall–Kier alpha value is -1.64. The van der Waals surface area contributed by atoms with Crippen molar-refractivity contribution in [1.82, 2.24) is 9.21 Å². The average Bonchev–Trinajstić information content (AvgIpc) is 2.54. The van der Waals surface area contributed by atoms with Gasteiger partial charge in [0.15, 0.2) is 6.61 Å². The highest BCUT2D eigenvalue weighted by Gasteiger charge is 2.20. The van der Waals surface area contributed by atoms with Crippen LogP contribution in [0.25, 0.3) is 0 Å². The van der Waals surface area contributed by atoms with Crippen LogP contribution in [0, 0.1) is 6.92 Å². The van der Waals surface area contributed by atoms with Crippen molar-refractivity contribution in [3.05, 3.63) is 23.8 Å². The fourth-order valence-electron chi connectivity index (χ4n) is 2.20. The SMILES string of the molecule is Cc1cc(S(=O)(=O)N(C)C)ccc1OCC(=O)N1CCOCC1. The third-order valence-corrected chi connectivity index (χ3v) is 5.45. The van der Waals surface area contributed by atoms with E-state index in [1.54, 1.807) is 24.0 Å². The second kappa shape index (κ2) is 7.29. The number of aryl methyl sites for hydroxylation is 1. The highest BCUT2D eigenvalue weighted by atomic mass is 32.2. The summed E-state index contributed by atoms with van der Waals surface area (Å²) in [5.41, 5.74) is 0.669. The Balaban J connectivity index is 2.03. The van der Waals surface area contributed by atoms with E-state index in [-0.39, 0.29) is 17.4 Å². The van der Waals surface area contributed by atoms with Gasteiger partial charge in [-0.15, -0.1) is 0 Å². The van der Waals surface area contributed by atoms with Crippen LogP contribution in [0.4, 0.5) is 0 Å². The highest BCUT2D eigenvalue weighted by molar-refractivity contribution is 7.89. The van der Waals surface area contributed by atoms with E-state index in [4.69, 9.17) is 9.47 Å². The van der Waals surface area contributed by atoms with Crippen LogP contribution in [0.15, 0.2) is 23.1 Å². The summed E-state index contributed by atoms with van der Waals surface area (Å²) in [6, 6.07) is 4.61. The molecule has 1 aliphatic heterocycles. The molecule has 0 N–H and O–H groups in total. The molecule has 23 heavy (non-hydrogen) atoms. The monoisotopic (exact) mass is 342 g/mol. The number of morpholine rings is 1. The zero-order valence-electron chi connectivity index (χ0n) is 13.6. The molecule has 2 rings (SSSR count). The average molecular weight is 342 g/mol. The van der Waals surface area contributed by atoms with Crippen LogP contribution in [0.2, 0.25) is 0 Å². The minimum Gasteiger partial charge on any atom is -0.483 e. The molecular formula is C15H22N2O5S. The van der Waals surface area contributed by atoms with Gasteiger partial charge in [-0.05, 0) is 30.7 Å².